The summed E-state index contributed by atoms with van der Waals surface area (Å²) in [6.45, 7) is 4.47. The Bertz CT molecular complexity index is 1300. The Balaban J connectivity index is 1.99. The molecule has 0 aromatic heterocycles. The molecule has 9 heteroatoms. The van der Waals surface area contributed by atoms with Crippen LogP contribution < -0.4 is 14.4 Å². The minimum atomic E-state index is -3.82. The number of sulfonamides is 1. The van der Waals surface area contributed by atoms with Crippen molar-refractivity contribution in [2.45, 2.75) is 39.3 Å². The molecular weight excluding hydrogens is 514 g/mol. The van der Waals surface area contributed by atoms with Gasteiger partial charge in [0, 0.05) is 19.5 Å². The van der Waals surface area contributed by atoms with E-state index in [2.05, 4.69) is 5.32 Å². The van der Waals surface area contributed by atoms with Crippen molar-refractivity contribution in [1.82, 2.24) is 10.2 Å². The molecule has 0 aliphatic heterocycles. The van der Waals surface area contributed by atoms with Crippen molar-refractivity contribution in [3.8, 4) is 5.75 Å². The second-order valence-electron chi connectivity index (χ2n) is 9.20. The highest BCUT2D eigenvalue weighted by atomic mass is 32.2. The van der Waals surface area contributed by atoms with Crippen molar-refractivity contribution in [2.75, 3.05) is 30.3 Å². The van der Waals surface area contributed by atoms with Gasteiger partial charge in [-0.1, -0.05) is 67.6 Å². The summed E-state index contributed by atoms with van der Waals surface area (Å²) in [6.07, 6.45) is 2.10. The Morgan fingerprint density at radius 3 is 2.00 bits per heavy atom. The zero-order valence-electron chi connectivity index (χ0n) is 22.7. The lowest BCUT2D eigenvalue weighted by Gasteiger charge is -2.33. The number of carbonyl (C=O) groups is 2. The van der Waals surface area contributed by atoms with E-state index in [1.165, 1.54) is 4.90 Å². The van der Waals surface area contributed by atoms with Crippen LogP contribution in [0.2, 0.25) is 0 Å². The van der Waals surface area contributed by atoms with Crippen LogP contribution in [0.4, 0.5) is 5.69 Å². The van der Waals surface area contributed by atoms with Crippen molar-refractivity contribution in [3.63, 3.8) is 0 Å². The summed E-state index contributed by atoms with van der Waals surface area (Å²) in [4.78, 5) is 28.9. The van der Waals surface area contributed by atoms with E-state index in [1.807, 2.05) is 74.5 Å². The predicted molar refractivity (Wildman–Crippen MR) is 154 cm³/mol. The first kappa shape index (κ1) is 29.7. The van der Waals surface area contributed by atoms with Gasteiger partial charge in [-0.15, -0.1) is 0 Å². The first-order valence-electron chi connectivity index (χ1n) is 13.1. The third kappa shape index (κ3) is 8.85. The van der Waals surface area contributed by atoms with E-state index in [4.69, 9.17) is 4.74 Å². The maximum absolute atomic E-state index is 14.0. The molecule has 0 aliphatic rings. The summed E-state index contributed by atoms with van der Waals surface area (Å²) in [7, 11) is -3.82. The molecular formula is C30H37N3O5S. The van der Waals surface area contributed by atoms with Crippen LogP contribution >= 0.6 is 0 Å². The first-order chi connectivity index (χ1) is 18.7. The van der Waals surface area contributed by atoms with E-state index in [0.717, 1.165) is 28.1 Å². The quantitative estimate of drug-likeness (QED) is 0.327. The fourth-order valence-electron chi connectivity index (χ4n) is 4.19. The molecule has 1 atom stereocenters. The van der Waals surface area contributed by atoms with Gasteiger partial charge in [-0.25, -0.2) is 8.42 Å². The van der Waals surface area contributed by atoms with Crippen molar-refractivity contribution in [1.29, 1.82) is 0 Å². The van der Waals surface area contributed by atoms with E-state index in [0.29, 0.717) is 24.6 Å². The molecule has 3 rings (SSSR count). The van der Waals surface area contributed by atoms with E-state index in [1.54, 1.807) is 24.3 Å². The molecule has 2 amide bonds. The Hall–Kier alpha value is -3.85. The van der Waals surface area contributed by atoms with Gasteiger partial charge in [-0.2, -0.15) is 0 Å². The summed E-state index contributed by atoms with van der Waals surface area (Å²) >= 11 is 0. The molecule has 0 radical (unpaired) electrons. The molecule has 3 aromatic rings. The van der Waals surface area contributed by atoms with Crippen LogP contribution in [0.3, 0.4) is 0 Å². The molecule has 208 valence electrons. The van der Waals surface area contributed by atoms with Crippen LogP contribution in [-0.4, -0.2) is 57.1 Å². The van der Waals surface area contributed by atoms with Gasteiger partial charge in [-0.05, 0) is 48.7 Å². The van der Waals surface area contributed by atoms with Gasteiger partial charge >= 0.3 is 0 Å². The Morgan fingerprint density at radius 2 is 1.46 bits per heavy atom. The normalized spacial score (nSPS) is 11.9. The lowest BCUT2D eigenvalue weighted by Crippen LogP contribution is -2.53. The third-order valence-electron chi connectivity index (χ3n) is 6.13. The molecule has 0 spiro atoms. The van der Waals surface area contributed by atoms with Gasteiger partial charge in [0.15, 0.2) is 0 Å². The van der Waals surface area contributed by atoms with Crippen molar-refractivity contribution < 1.29 is 22.7 Å². The minimum absolute atomic E-state index is 0.150. The van der Waals surface area contributed by atoms with E-state index in [-0.39, 0.29) is 18.9 Å². The van der Waals surface area contributed by atoms with Crippen LogP contribution in [0, 0.1) is 0 Å². The highest BCUT2D eigenvalue weighted by Gasteiger charge is 2.32. The van der Waals surface area contributed by atoms with Crippen LogP contribution in [0.5, 0.6) is 5.75 Å². The second-order valence-corrected chi connectivity index (χ2v) is 11.1. The molecule has 3 aromatic carbocycles. The number of anilines is 1. The standard InChI is InChI=1S/C30H37N3O5S/c1-4-20-31-30(35)28(21-24-12-8-6-9-13-24)32(22-25-14-10-7-11-15-25)29(34)23-33(39(3,36)37)26-16-18-27(19-17-26)38-5-2/h6-19,28H,4-5,20-23H2,1-3H3,(H,31,35)/t28-/m0/s1. The topological polar surface area (TPSA) is 96.0 Å². The van der Waals surface area contributed by atoms with Gasteiger partial charge in [0.1, 0.15) is 18.3 Å². The number of hydrogen-bond donors (Lipinski definition) is 1. The number of nitrogens with zero attached hydrogens (tertiary/aromatic N) is 2. The molecule has 0 heterocycles. The molecule has 0 saturated heterocycles. The average molecular weight is 552 g/mol. The van der Waals surface area contributed by atoms with Crippen LogP contribution in [0.25, 0.3) is 0 Å². The predicted octanol–water partition coefficient (Wildman–Crippen LogP) is 4.02. The lowest BCUT2D eigenvalue weighted by molar-refractivity contribution is -0.140. The van der Waals surface area contributed by atoms with Crippen LogP contribution in [0.15, 0.2) is 84.9 Å². The van der Waals surface area contributed by atoms with Crippen molar-refractivity contribution in [3.05, 3.63) is 96.1 Å². The first-order valence-corrected chi connectivity index (χ1v) is 14.9. The second kappa shape index (κ2) is 14.3. The Kier molecular flexibility index (Phi) is 10.9. The number of hydrogen-bond acceptors (Lipinski definition) is 5. The largest absolute Gasteiger partial charge is 0.494 e. The fraction of sp³-hybridized carbons (Fsp3) is 0.333. The summed E-state index contributed by atoms with van der Waals surface area (Å²) in [5.74, 6) is -0.162. The van der Waals surface area contributed by atoms with Crippen LogP contribution in [-0.2, 0) is 32.6 Å². The van der Waals surface area contributed by atoms with Gasteiger partial charge in [0.2, 0.25) is 21.8 Å². The van der Waals surface area contributed by atoms with E-state index in [9.17, 15) is 18.0 Å². The maximum Gasteiger partial charge on any atom is 0.244 e. The summed E-state index contributed by atoms with van der Waals surface area (Å²) in [5.41, 5.74) is 2.06. The zero-order chi connectivity index (χ0) is 28.3. The maximum atomic E-state index is 14.0. The molecule has 0 bridgehead atoms. The lowest BCUT2D eigenvalue weighted by atomic mass is 10.0. The van der Waals surface area contributed by atoms with Crippen molar-refractivity contribution >= 4 is 27.5 Å². The number of ether oxygens (including phenoxy) is 1. The van der Waals surface area contributed by atoms with Gasteiger partial charge in [0.05, 0.1) is 18.6 Å². The third-order valence-corrected chi connectivity index (χ3v) is 7.27. The average Bonchev–Trinajstić information content (AvgIpc) is 2.93. The van der Waals surface area contributed by atoms with Gasteiger partial charge in [-0.3, -0.25) is 13.9 Å². The molecule has 1 N–H and O–H groups in total. The number of amides is 2. The summed E-state index contributed by atoms with van der Waals surface area (Å²) < 4.78 is 32.2. The fourth-order valence-corrected chi connectivity index (χ4v) is 5.04. The number of nitrogens with one attached hydrogen (secondary N) is 1. The molecule has 39 heavy (non-hydrogen) atoms. The highest BCUT2D eigenvalue weighted by Crippen LogP contribution is 2.23. The Morgan fingerprint density at radius 1 is 0.872 bits per heavy atom. The minimum Gasteiger partial charge on any atom is -0.494 e. The SMILES string of the molecule is CCCNC(=O)[C@H](Cc1ccccc1)N(Cc1ccccc1)C(=O)CN(c1ccc(OCC)cc1)S(C)(=O)=O. The van der Waals surface area contributed by atoms with E-state index < -0.39 is 28.5 Å². The van der Waals surface area contributed by atoms with Gasteiger partial charge < -0.3 is 15.0 Å². The van der Waals surface area contributed by atoms with Crippen molar-refractivity contribution in [2.24, 2.45) is 0 Å². The number of rotatable bonds is 14. The smallest absolute Gasteiger partial charge is 0.244 e. The Labute approximate surface area is 231 Å². The summed E-state index contributed by atoms with van der Waals surface area (Å²) in [5, 5.41) is 2.93. The molecule has 0 unspecified atom stereocenters. The number of carbonyl (C=O) groups excluding carboxylic acids is 2. The molecule has 8 nitrogen and oxygen atoms in total. The monoisotopic (exact) mass is 551 g/mol. The molecule has 0 aliphatic carbocycles. The van der Waals surface area contributed by atoms with Crippen LogP contribution in [0.1, 0.15) is 31.4 Å². The highest BCUT2D eigenvalue weighted by molar-refractivity contribution is 7.92. The van der Waals surface area contributed by atoms with E-state index >= 15 is 0 Å². The number of benzene rings is 3. The zero-order valence-corrected chi connectivity index (χ0v) is 23.6. The molecule has 0 saturated carbocycles. The molecule has 0 fully saturated rings. The summed E-state index contributed by atoms with van der Waals surface area (Å²) in [6, 6.07) is 24.6. The van der Waals surface area contributed by atoms with Gasteiger partial charge in [0.25, 0.3) is 0 Å².